The third kappa shape index (κ3) is 87.3. The Morgan fingerprint density at radius 1 is 0.257 bits per heavy atom. The summed E-state index contributed by atoms with van der Waals surface area (Å²) < 4.78 is 61.3. The Bertz CT molecular complexity index is 2780. The van der Waals surface area contributed by atoms with Gasteiger partial charge in [-0.15, -0.1) is 0 Å². The van der Waals surface area contributed by atoms with Crippen molar-refractivity contribution in [2.24, 2.45) is 0 Å². The third-order valence-corrected chi connectivity index (χ3v) is 20.0. The molecule has 0 saturated heterocycles. The van der Waals surface area contributed by atoms with Gasteiger partial charge in [0, 0.05) is 19.3 Å². The van der Waals surface area contributed by atoms with Crippen LogP contribution in [0, 0.1) is 0 Å². The van der Waals surface area contributed by atoms with Gasteiger partial charge in [0.15, 0.2) is 6.10 Å². The molecule has 0 spiro atoms. The maximum atomic E-state index is 13.0. The molecule has 0 aliphatic heterocycles. The fourth-order valence-electron chi connectivity index (χ4n) is 11.5. The molecule has 0 bridgehead atoms. The molecule has 0 aromatic carbocycles. The topological polar surface area (TPSA) is 231 Å². The lowest BCUT2D eigenvalue weighted by Crippen LogP contribution is -2.30. The van der Waals surface area contributed by atoms with Crippen molar-refractivity contribution < 1.29 is 75.8 Å². The van der Waals surface area contributed by atoms with Crippen LogP contribution in [-0.4, -0.2) is 95.9 Å². The molecule has 4 N–H and O–H groups in total. The normalized spacial score (nSPS) is 14.7. The zero-order valence-corrected chi connectivity index (χ0v) is 72.5. The van der Waals surface area contributed by atoms with Gasteiger partial charge < -0.3 is 34.2 Å². The first-order valence-corrected chi connectivity index (χ1v) is 47.1. The van der Waals surface area contributed by atoms with Crippen LogP contribution < -0.4 is 0 Å². The van der Waals surface area contributed by atoms with Gasteiger partial charge in [-0.25, -0.2) is 9.13 Å². The molecular formula is C95H158O16P2. The first kappa shape index (κ1) is 108. The Morgan fingerprint density at radius 3 is 0.770 bits per heavy atom. The van der Waals surface area contributed by atoms with E-state index in [4.69, 9.17) is 32.3 Å². The maximum absolute atomic E-state index is 13.0. The van der Waals surface area contributed by atoms with Gasteiger partial charge in [0.1, 0.15) is 25.4 Å². The van der Waals surface area contributed by atoms with E-state index in [0.29, 0.717) is 25.7 Å². The largest absolute Gasteiger partial charge is 0.472 e. The highest BCUT2D eigenvalue weighted by molar-refractivity contribution is 7.47. The molecule has 18 heteroatoms. The van der Waals surface area contributed by atoms with Crippen molar-refractivity contribution in [1.29, 1.82) is 0 Å². The molecule has 0 aliphatic carbocycles. The van der Waals surface area contributed by atoms with E-state index in [1.165, 1.54) is 128 Å². The van der Waals surface area contributed by atoms with E-state index in [1.54, 1.807) is 0 Å². The highest BCUT2D eigenvalue weighted by Gasteiger charge is 2.29. The predicted molar refractivity (Wildman–Crippen MR) is 472 cm³/mol. The highest BCUT2D eigenvalue weighted by atomic mass is 31.2. The van der Waals surface area contributed by atoms with Gasteiger partial charge in [0.05, 0.1) is 26.4 Å². The van der Waals surface area contributed by atoms with Gasteiger partial charge in [0.2, 0.25) is 0 Å². The quantitative estimate of drug-likeness (QED) is 0.0146. The van der Waals surface area contributed by atoms with Crippen LogP contribution in [0.25, 0.3) is 0 Å². The van der Waals surface area contributed by atoms with Crippen molar-refractivity contribution in [2.45, 2.75) is 360 Å². The van der Waals surface area contributed by atoms with Gasteiger partial charge in [-0.05, 0) is 154 Å². The summed E-state index contributed by atoms with van der Waals surface area (Å²) in [6, 6.07) is 0. The summed E-state index contributed by atoms with van der Waals surface area (Å²) in [5.74, 6) is -1.65. The number of ether oxygens (including phenoxy) is 3. The monoisotopic (exact) mass is 1620 g/mol. The molecule has 5 atom stereocenters. The van der Waals surface area contributed by atoms with E-state index in [-0.39, 0.29) is 19.3 Å². The van der Waals surface area contributed by atoms with Crippen molar-refractivity contribution in [1.82, 2.24) is 0 Å². The van der Waals surface area contributed by atoms with E-state index in [2.05, 4.69) is 191 Å². The number of rotatable bonds is 82. The third-order valence-electron chi connectivity index (χ3n) is 18.1. The first-order chi connectivity index (χ1) is 55.2. The van der Waals surface area contributed by atoms with Crippen molar-refractivity contribution in [2.75, 3.05) is 39.6 Å². The zero-order valence-electron chi connectivity index (χ0n) is 70.7. The van der Waals surface area contributed by atoms with Crippen LogP contribution in [0.2, 0.25) is 0 Å². The summed E-state index contributed by atoms with van der Waals surface area (Å²) in [5.41, 5.74) is 0. The molecular weight excluding hydrogens is 1460 g/mol. The first-order valence-electron chi connectivity index (χ1n) is 44.1. The van der Waals surface area contributed by atoms with E-state index in [0.717, 1.165) is 148 Å². The van der Waals surface area contributed by atoms with Crippen LogP contribution in [0.4, 0.5) is 0 Å². The lowest BCUT2D eigenvalue weighted by Gasteiger charge is -2.21. The van der Waals surface area contributed by atoms with E-state index >= 15 is 0 Å². The van der Waals surface area contributed by atoms with Gasteiger partial charge in [-0.3, -0.25) is 32.5 Å². The van der Waals surface area contributed by atoms with Gasteiger partial charge in [-0.1, -0.05) is 351 Å². The minimum absolute atomic E-state index is 0.0208. The molecule has 0 fully saturated rings. The second kappa shape index (κ2) is 86.0. The van der Waals surface area contributed by atoms with Crippen LogP contribution in [0.1, 0.15) is 342 Å². The molecule has 0 rings (SSSR count). The number of esters is 3. The Labute approximate surface area is 687 Å². The van der Waals surface area contributed by atoms with Crippen LogP contribution >= 0.6 is 15.6 Å². The molecule has 16 nitrogen and oxygen atoms in total. The van der Waals surface area contributed by atoms with Gasteiger partial charge in [0.25, 0.3) is 0 Å². The van der Waals surface area contributed by atoms with Gasteiger partial charge >= 0.3 is 33.6 Å². The Hall–Kier alpha value is -5.35. The lowest BCUT2D eigenvalue weighted by molar-refractivity contribution is -0.161. The lowest BCUT2D eigenvalue weighted by atomic mass is 10.0. The fourth-order valence-corrected chi connectivity index (χ4v) is 13.1. The SMILES string of the molecule is CC/C=C\C/C=C\C/C=C\C/C=C\C/C=C\C/C=C\CCCCCCCCCCCCCCCCC(=O)OCC(O)COP(=O)(O)OCC(O)COP(=O)(O)OCC(COC(=O)CCCCCCCCCCCCC/C=C\C/C=C\C/C=C\C/C=C\CCCCC)OC(=O)CCC/C=C\C/C=C\C/C=C\C/C=C\C/C=C\CC. The Balaban J connectivity index is 4.55. The molecule has 644 valence electrons. The number of phosphoric ester groups is 2. The van der Waals surface area contributed by atoms with E-state index < -0.39 is 91.5 Å². The van der Waals surface area contributed by atoms with Crippen LogP contribution in [0.3, 0.4) is 0 Å². The highest BCUT2D eigenvalue weighted by Crippen LogP contribution is 2.45. The molecule has 113 heavy (non-hydrogen) atoms. The minimum Gasteiger partial charge on any atom is -0.463 e. The van der Waals surface area contributed by atoms with Crippen LogP contribution in [-0.2, 0) is 55.8 Å². The summed E-state index contributed by atoms with van der Waals surface area (Å²) in [7, 11) is -9.83. The predicted octanol–water partition coefficient (Wildman–Crippen LogP) is 26.9. The van der Waals surface area contributed by atoms with Crippen molar-refractivity contribution in [3.05, 3.63) is 182 Å². The number of phosphoric acid groups is 2. The number of aliphatic hydroxyl groups is 2. The number of unbranched alkanes of at least 4 members (excludes halogenated alkanes) is 29. The van der Waals surface area contributed by atoms with Crippen LogP contribution in [0.5, 0.6) is 0 Å². The average molecular weight is 1620 g/mol. The van der Waals surface area contributed by atoms with Crippen LogP contribution in [0.15, 0.2) is 182 Å². The summed E-state index contributed by atoms with van der Waals surface area (Å²) in [6.45, 7) is 2.37. The van der Waals surface area contributed by atoms with E-state index in [1.807, 2.05) is 12.2 Å². The number of aliphatic hydroxyl groups excluding tert-OH is 2. The molecule has 0 aromatic rings. The molecule has 0 amide bonds. The summed E-state index contributed by atoms with van der Waals surface area (Å²) >= 11 is 0. The Kier molecular flexibility index (Phi) is 81.9. The second-order valence-corrected chi connectivity index (χ2v) is 31.8. The average Bonchev–Trinajstić information content (AvgIpc) is 0.900. The Morgan fingerprint density at radius 2 is 0.478 bits per heavy atom. The molecule has 0 radical (unpaired) electrons. The maximum Gasteiger partial charge on any atom is 0.472 e. The zero-order chi connectivity index (χ0) is 82.2. The molecule has 0 aliphatic rings. The number of allylic oxidation sites excluding steroid dienone is 30. The number of hydrogen-bond acceptors (Lipinski definition) is 14. The summed E-state index contributed by atoms with van der Waals surface area (Å²) in [6.07, 6.45) is 112. The van der Waals surface area contributed by atoms with Crippen molar-refractivity contribution in [3.63, 3.8) is 0 Å². The smallest absolute Gasteiger partial charge is 0.463 e. The molecule has 5 unspecified atom stereocenters. The summed E-state index contributed by atoms with van der Waals surface area (Å²) in [4.78, 5) is 58.8. The minimum atomic E-state index is -4.96. The number of carbonyl (C=O) groups is 3. The second-order valence-electron chi connectivity index (χ2n) is 28.9. The molecule has 0 heterocycles. The van der Waals surface area contributed by atoms with E-state index in [9.17, 15) is 43.5 Å². The summed E-state index contributed by atoms with van der Waals surface area (Å²) in [5, 5.41) is 20.7. The van der Waals surface area contributed by atoms with Crippen molar-refractivity contribution >= 4 is 33.6 Å². The van der Waals surface area contributed by atoms with Crippen molar-refractivity contribution in [3.8, 4) is 0 Å². The standard InChI is InChI=1S/C95H158O16P2/c1-4-7-10-13-16-19-22-25-28-31-33-35-37-39-41-42-43-44-45-46-48-50-51-53-55-58-60-63-66-69-72-75-78-81-93(98)105-84-90(96)85-107-112(101,102)108-86-91(97)87-109-113(103,104)110-89-92(111-95(100)83-80-77-74-71-68-65-62-57-30-27-24-21-18-15-12-9-6-3)88-106-94(99)82-79-76-73-70-67-64-61-59-56-54-52-49-47-40-38-36-34-32-29-26-23-20-17-14-11-8-5-2/h7,9-10,12,16-21,25-30,33-36,39-41,43-44,47,62,65,71,74,90-92,96-97H,4-6,8,11,13-15,22-24,31-32,37-38,42,45-46,48-61,63-64,66-70,72-73,75-89H2,1-3H3,(H,101,102)(H,103,104)/b10-7-,12-9-,19-16-,20-17-,21-18-,28-25-,29-26-,30-27-,35-33-,36-34-,41-39-,44-43-,47-40-,65-62-,74-71-. The van der Waals surface area contributed by atoms with Gasteiger partial charge in [-0.2, -0.15) is 0 Å². The fraction of sp³-hybridized carbons (Fsp3) is 0.653. The molecule has 0 aromatic heterocycles. The number of hydrogen-bond donors (Lipinski definition) is 4. The number of carbonyl (C=O) groups excluding carboxylic acids is 3. The molecule has 0 saturated carbocycles.